The van der Waals surface area contributed by atoms with E-state index in [2.05, 4.69) is 57.2 Å². The number of unbranched alkanes of at least 4 members (excludes halogenated alkanes) is 24. The molecule has 3 aliphatic rings. The van der Waals surface area contributed by atoms with Crippen molar-refractivity contribution < 1.29 is 57.0 Å². The molecule has 0 aromatic carbocycles. The first kappa shape index (κ1) is 69.7. The van der Waals surface area contributed by atoms with Gasteiger partial charge in [0.05, 0.1) is 58.0 Å². The quantitative estimate of drug-likeness (QED) is 0.0188. The van der Waals surface area contributed by atoms with Gasteiger partial charge in [-0.15, -0.1) is 0 Å². The van der Waals surface area contributed by atoms with Crippen molar-refractivity contribution in [3.05, 3.63) is 36.5 Å². The standard InChI is InChI=1S/C66H116O12/c1-4-7-10-31-40-57(70-49-60-52-73-60)43-34-25-19-13-16-22-28-37-46-64(67)76-55-63(78-66(69)48-39-30-24-18-15-21-27-36-45-59(42-33-12-9-6-3)72-51-62-54-75-62)56-77-65(68)47-38-29-23-17-14-20-26-35-44-58(41-32-11-8-5-2)71-50-61-53-74-61/h25-27,34-36,57-63H,4-24,28-33,37-56H2,1-3H3/b34-25+,35-26+,36-27+. The fourth-order valence-corrected chi connectivity index (χ4v) is 9.59. The van der Waals surface area contributed by atoms with E-state index in [4.69, 9.17) is 42.6 Å². The van der Waals surface area contributed by atoms with Gasteiger partial charge >= 0.3 is 17.9 Å². The molecule has 6 unspecified atom stereocenters. The second kappa shape index (κ2) is 50.1. The van der Waals surface area contributed by atoms with Crippen LogP contribution in [0.3, 0.4) is 0 Å². The van der Waals surface area contributed by atoms with Crippen molar-refractivity contribution in [3.8, 4) is 0 Å². The maximum Gasteiger partial charge on any atom is 0.306 e. The van der Waals surface area contributed by atoms with Gasteiger partial charge in [-0.05, 0) is 96.3 Å². The predicted octanol–water partition coefficient (Wildman–Crippen LogP) is 16.3. The smallest absolute Gasteiger partial charge is 0.306 e. The first-order valence-electron chi connectivity index (χ1n) is 32.5. The van der Waals surface area contributed by atoms with Crippen molar-refractivity contribution in [2.75, 3.05) is 52.9 Å². The molecule has 3 heterocycles. The molecule has 6 atom stereocenters. The number of epoxide rings is 3. The first-order valence-corrected chi connectivity index (χ1v) is 32.5. The fraction of sp³-hybridized carbons (Fsp3) is 0.864. The van der Waals surface area contributed by atoms with Gasteiger partial charge in [-0.25, -0.2) is 0 Å². The van der Waals surface area contributed by atoms with Gasteiger partial charge in [0, 0.05) is 19.3 Å². The summed E-state index contributed by atoms with van der Waals surface area (Å²) in [6.07, 6.45) is 55.0. The molecule has 78 heavy (non-hydrogen) atoms. The number of ether oxygens (including phenoxy) is 9. The molecule has 452 valence electrons. The normalized spacial score (nSPS) is 18.4. The Morgan fingerprint density at radius 3 is 0.987 bits per heavy atom. The van der Waals surface area contributed by atoms with Crippen molar-refractivity contribution in [3.63, 3.8) is 0 Å². The van der Waals surface area contributed by atoms with Crippen LogP contribution in [0, 0.1) is 0 Å². The molecular formula is C66H116O12. The molecule has 0 amide bonds. The lowest BCUT2D eigenvalue weighted by Crippen LogP contribution is -2.30. The number of rotatable bonds is 59. The molecule has 3 aliphatic heterocycles. The molecule has 3 rings (SSSR count). The van der Waals surface area contributed by atoms with Crippen molar-refractivity contribution in [1.29, 1.82) is 0 Å². The van der Waals surface area contributed by atoms with Crippen LogP contribution in [0.1, 0.15) is 271 Å². The van der Waals surface area contributed by atoms with Crippen LogP contribution >= 0.6 is 0 Å². The van der Waals surface area contributed by atoms with E-state index in [1.54, 1.807) is 0 Å². The molecule has 0 aromatic rings. The lowest BCUT2D eigenvalue weighted by molar-refractivity contribution is -0.167. The Hall–Kier alpha value is -2.61. The lowest BCUT2D eigenvalue weighted by Gasteiger charge is -2.18. The first-order chi connectivity index (χ1) is 38.4. The monoisotopic (exact) mass is 1100 g/mol. The number of allylic oxidation sites excluding steroid dienone is 3. The maximum atomic E-state index is 13.0. The maximum absolute atomic E-state index is 13.0. The molecule has 12 heteroatoms. The molecule has 12 nitrogen and oxygen atoms in total. The number of carbonyl (C=O) groups excluding carboxylic acids is 3. The summed E-state index contributed by atoms with van der Waals surface area (Å²) in [7, 11) is 0. The minimum atomic E-state index is -0.827. The summed E-state index contributed by atoms with van der Waals surface area (Å²) in [6.45, 7) is 11.1. The zero-order valence-corrected chi connectivity index (χ0v) is 50.1. The summed E-state index contributed by atoms with van der Waals surface area (Å²) in [6, 6.07) is 0. The molecular weight excluding hydrogens is 985 g/mol. The van der Waals surface area contributed by atoms with Crippen LogP contribution in [-0.4, -0.2) is 113 Å². The van der Waals surface area contributed by atoms with Crippen molar-refractivity contribution in [2.45, 2.75) is 314 Å². The highest BCUT2D eigenvalue weighted by atomic mass is 16.6. The summed E-state index contributed by atoms with van der Waals surface area (Å²) in [5.74, 6) is -0.979. The van der Waals surface area contributed by atoms with E-state index in [0.717, 1.165) is 174 Å². The van der Waals surface area contributed by atoms with Crippen LogP contribution in [-0.2, 0) is 57.0 Å². The highest BCUT2D eigenvalue weighted by molar-refractivity contribution is 5.71. The highest BCUT2D eigenvalue weighted by Gasteiger charge is 2.26. The lowest BCUT2D eigenvalue weighted by atomic mass is 10.1. The molecule has 0 saturated carbocycles. The average Bonchev–Trinajstić information content (AvgIpc) is 4.28. The Labute approximate surface area is 476 Å². The van der Waals surface area contributed by atoms with Crippen LogP contribution in [0.4, 0.5) is 0 Å². The second-order valence-electron chi connectivity index (χ2n) is 22.8. The van der Waals surface area contributed by atoms with Gasteiger partial charge in [0.25, 0.3) is 0 Å². The molecule has 0 spiro atoms. The minimum absolute atomic E-state index is 0.117. The van der Waals surface area contributed by atoms with Gasteiger partial charge in [-0.2, -0.15) is 0 Å². The van der Waals surface area contributed by atoms with Crippen LogP contribution < -0.4 is 0 Å². The van der Waals surface area contributed by atoms with Gasteiger partial charge in [0.1, 0.15) is 31.5 Å². The van der Waals surface area contributed by atoms with Crippen LogP contribution in [0.25, 0.3) is 0 Å². The Morgan fingerprint density at radius 2 is 0.667 bits per heavy atom. The number of hydrogen-bond donors (Lipinski definition) is 0. The van der Waals surface area contributed by atoms with Crippen molar-refractivity contribution in [2.24, 2.45) is 0 Å². The number of esters is 3. The molecule has 0 N–H and O–H groups in total. The Bertz CT molecular complexity index is 1430. The molecule has 0 aliphatic carbocycles. The van der Waals surface area contributed by atoms with E-state index in [0.29, 0.717) is 51.0 Å². The van der Waals surface area contributed by atoms with Crippen LogP contribution in [0.5, 0.6) is 0 Å². The van der Waals surface area contributed by atoms with E-state index >= 15 is 0 Å². The van der Waals surface area contributed by atoms with E-state index < -0.39 is 6.10 Å². The summed E-state index contributed by atoms with van der Waals surface area (Å²) >= 11 is 0. The summed E-state index contributed by atoms with van der Waals surface area (Å²) in [5, 5.41) is 0. The molecule has 0 aromatic heterocycles. The highest BCUT2D eigenvalue weighted by Crippen LogP contribution is 2.21. The Kier molecular flexibility index (Phi) is 44.8. The Balaban J connectivity index is 1.29. The van der Waals surface area contributed by atoms with Crippen molar-refractivity contribution in [1.82, 2.24) is 0 Å². The summed E-state index contributed by atoms with van der Waals surface area (Å²) in [5.41, 5.74) is 0. The third-order valence-electron chi connectivity index (χ3n) is 15.0. The topological polar surface area (TPSA) is 144 Å². The SMILES string of the molecule is CCCCCCC(C/C=C/CCCCCCCC(=O)OCC(COC(=O)CCCCCCC/C=C/CC(CCCCCC)OCC1CO1)OC(=O)CCCCCCC/C=C/CC(CCCCCC)OCC1CO1)OCC1CO1. The predicted molar refractivity (Wildman–Crippen MR) is 315 cm³/mol. The molecule has 3 fully saturated rings. The Morgan fingerprint density at radius 1 is 0.372 bits per heavy atom. The van der Waals surface area contributed by atoms with E-state index in [1.165, 1.54) is 77.0 Å². The largest absolute Gasteiger partial charge is 0.462 e. The zero-order valence-electron chi connectivity index (χ0n) is 50.1. The van der Waals surface area contributed by atoms with E-state index in [1.807, 2.05) is 0 Å². The van der Waals surface area contributed by atoms with Crippen molar-refractivity contribution >= 4 is 17.9 Å². The minimum Gasteiger partial charge on any atom is -0.462 e. The second-order valence-corrected chi connectivity index (χ2v) is 22.8. The average molecular weight is 1100 g/mol. The van der Waals surface area contributed by atoms with Gasteiger partial charge < -0.3 is 42.6 Å². The van der Waals surface area contributed by atoms with Gasteiger partial charge in [-0.3, -0.25) is 14.4 Å². The van der Waals surface area contributed by atoms with Gasteiger partial charge in [0.2, 0.25) is 0 Å². The third-order valence-corrected chi connectivity index (χ3v) is 15.0. The van der Waals surface area contributed by atoms with Crippen LogP contribution in [0.15, 0.2) is 36.5 Å². The summed E-state index contributed by atoms with van der Waals surface area (Å²) in [4.78, 5) is 38.7. The number of hydrogen-bond acceptors (Lipinski definition) is 12. The van der Waals surface area contributed by atoms with Crippen LogP contribution in [0.2, 0.25) is 0 Å². The zero-order chi connectivity index (χ0) is 55.6. The molecule has 0 bridgehead atoms. The van der Waals surface area contributed by atoms with E-state index in [9.17, 15) is 14.4 Å². The summed E-state index contributed by atoms with van der Waals surface area (Å²) < 4.78 is 51.5. The third kappa shape index (κ3) is 45.1. The van der Waals surface area contributed by atoms with Gasteiger partial charge in [0.15, 0.2) is 6.10 Å². The van der Waals surface area contributed by atoms with Gasteiger partial charge in [-0.1, -0.05) is 192 Å². The fourth-order valence-electron chi connectivity index (χ4n) is 9.59. The number of carbonyl (C=O) groups is 3. The molecule has 0 radical (unpaired) electrons. The molecule has 3 saturated heterocycles. The van der Waals surface area contributed by atoms with E-state index in [-0.39, 0.29) is 55.9 Å².